The van der Waals surface area contributed by atoms with Crippen LogP contribution in [0.5, 0.6) is 0 Å². The van der Waals surface area contributed by atoms with Crippen molar-refractivity contribution < 1.29 is 31.4 Å². The molecule has 1 aromatic heterocycles. The lowest BCUT2D eigenvalue weighted by molar-refractivity contribution is -0.376. The molecular formula is C13H9F6NO. The molecular weight excluding hydrogens is 300 g/mol. The molecule has 1 heterocycles. The molecule has 2 nitrogen and oxygen atoms in total. The SMILES string of the molecule is Cc1ccc2cc(C(O)(C(F)(F)F)C(F)(F)F)ccc2n1. The molecule has 0 atom stereocenters. The maximum Gasteiger partial charge on any atom is 0.430 e. The number of hydrogen-bond acceptors (Lipinski definition) is 2. The van der Waals surface area contributed by atoms with Gasteiger partial charge in [0.15, 0.2) is 0 Å². The molecule has 1 N–H and O–H groups in total. The van der Waals surface area contributed by atoms with Gasteiger partial charge < -0.3 is 5.11 Å². The van der Waals surface area contributed by atoms with Gasteiger partial charge in [-0.15, -0.1) is 0 Å². The van der Waals surface area contributed by atoms with Gasteiger partial charge >= 0.3 is 12.4 Å². The van der Waals surface area contributed by atoms with Crippen molar-refractivity contribution in [1.82, 2.24) is 4.98 Å². The molecule has 0 aliphatic carbocycles. The van der Waals surface area contributed by atoms with Gasteiger partial charge in [-0.1, -0.05) is 12.1 Å². The Labute approximate surface area is 115 Å². The Bertz CT molecular complexity index is 662. The quantitative estimate of drug-likeness (QED) is 0.812. The van der Waals surface area contributed by atoms with Crippen molar-refractivity contribution in [1.29, 1.82) is 0 Å². The minimum atomic E-state index is -5.89. The first-order chi connectivity index (χ1) is 9.47. The van der Waals surface area contributed by atoms with E-state index in [4.69, 9.17) is 0 Å². The van der Waals surface area contributed by atoms with Crippen molar-refractivity contribution in [2.75, 3.05) is 0 Å². The fraction of sp³-hybridized carbons (Fsp3) is 0.308. The Morgan fingerprint density at radius 1 is 0.905 bits per heavy atom. The first-order valence-electron chi connectivity index (χ1n) is 5.70. The predicted octanol–water partition coefficient (Wildman–Crippen LogP) is 3.86. The number of hydrogen-bond donors (Lipinski definition) is 1. The third-order valence-corrected chi connectivity index (χ3v) is 3.07. The minimum Gasteiger partial charge on any atom is -0.369 e. The molecule has 1 aromatic carbocycles. The van der Waals surface area contributed by atoms with Crippen LogP contribution >= 0.6 is 0 Å². The van der Waals surface area contributed by atoms with E-state index in [9.17, 15) is 31.4 Å². The summed E-state index contributed by atoms with van der Waals surface area (Å²) in [5.41, 5.74) is -5.40. The summed E-state index contributed by atoms with van der Waals surface area (Å²) in [5.74, 6) is 0. The summed E-state index contributed by atoms with van der Waals surface area (Å²) >= 11 is 0. The number of pyridine rings is 1. The van der Waals surface area contributed by atoms with E-state index in [-0.39, 0.29) is 10.9 Å². The molecule has 0 spiro atoms. The van der Waals surface area contributed by atoms with Gasteiger partial charge in [-0.05, 0) is 25.1 Å². The minimum absolute atomic E-state index is 0.0741. The van der Waals surface area contributed by atoms with E-state index in [1.54, 1.807) is 6.92 Å². The van der Waals surface area contributed by atoms with Crippen LogP contribution in [0.3, 0.4) is 0 Å². The van der Waals surface area contributed by atoms with Crippen molar-refractivity contribution in [3.8, 4) is 0 Å². The zero-order valence-electron chi connectivity index (χ0n) is 10.5. The molecule has 0 amide bonds. The van der Waals surface area contributed by atoms with E-state index in [0.29, 0.717) is 17.8 Å². The van der Waals surface area contributed by atoms with Crippen molar-refractivity contribution in [2.45, 2.75) is 24.9 Å². The second-order valence-corrected chi connectivity index (χ2v) is 4.57. The number of halogens is 6. The number of fused-ring (bicyclic) bond motifs is 1. The van der Waals surface area contributed by atoms with Crippen LogP contribution in [0, 0.1) is 6.92 Å². The Hall–Kier alpha value is -1.83. The summed E-state index contributed by atoms with van der Waals surface area (Å²) in [6.45, 7) is 1.63. The van der Waals surface area contributed by atoms with Gasteiger partial charge in [-0.2, -0.15) is 26.3 Å². The third-order valence-electron chi connectivity index (χ3n) is 3.07. The first-order valence-corrected chi connectivity index (χ1v) is 5.70. The zero-order valence-corrected chi connectivity index (χ0v) is 10.5. The number of nitrogens with zero attached hydrogens (tertiary/aromatic N) is 1. The molecule has 0 aliphatic heterocycles. The van der Waals surface area contributed by atoms with Crippen molar-refractivity contribution in [3.05, 3.63) is 41.6 Å². The van der Waals surface area contributed by atoms with E-state index in [1.165, 1.54) is 12.1 Å². The van der Waals surface area contributed by atoms with Crippen LogP contribution in [0.2, 0.25) is 0 Å². The molecule has 0 fully saturated rings. The highest BCUT2D eigenvalue weighted by molar-refractivity contribution is 5.79. The Morgan fingerprint density at radius 3 is 2.00 bits per heavy atom. The largest absolute Gasteiger partial charge is 0.430 e. The molecule has 21 heavy (non-hydrogen) atoms. The van der Waals surface area contributed by atoms with Crippen LogP contribution in [-0.2, 0) is 5.60 Å². The number of rotatable bonds is 1. The van der Waals surface area contributed by atoms with E-state index in [0.717, 1.165) is 6.07 Å². The van der Waals surface area contributed by atoms with Crippen LogP contribution in [0.25, 0.3) is 10.9 Å². The number of benzene rings is 1. The van der Waals surface area contributed by atoms with E-state index in [2.05, 4.69) is 4.98 Å². The standard InChI is InChI=1S/C13H9F6NO/c1-7-2-3-8-6-9(4-5-10(8)20-7)11(21,12(14,15)16)13(17,18)19/h2-6,21H,1H3. The highest BCUT2D eigenvalue weighted by Gasteiger charge is 2.71. The highest BCUT2D eigenvalue weighted by atomic mass is 19.4. The van der Waals surface area contributed by atoms with E-state index < -0.39 is 23.5 Å². The monoisotopic (exact) mass is 309 g/mol. The topological polar surface area (TPSA) is 33.1 Å². The molecule has 2 rings (SSSR count). The van der Waals surface area contributed by atoms with Gasteiger partial charge in [-0.3, -0.25) is 4.98 Å². The molecule has 0 saturated heterocycles. The van der Waals surface area contributed by atoms with E-state index in [1.807, 2.05) is 0 Å². The Morgan fingerprint density at radius 2 is 1.48 bits per heavy atom. The average molecular weight is 309 g/mol. The normalized spacial score (nSPS) is 13.7. The summed E-state index contributed by atoms with van der Waals surface area (Å²) in [4.78, 5) is 3.98. The lowest BCUT2D eigenvalue weighted by Gasteiger charge is -2.32. The fourth-order valence-corrected chi connectivity index (χ4v) is 1.94. The summed E-state index contributed by atoms with van der Waals surface area (Å²) in [5, 5.41) is 9.37. The van der Waals surface area contributed by atoms with Crippen LogP contribution in [0.1, 0.15) is 11.3 Å². The summed E-state index contributed by atoms with van der Waals surface area (Å²) in [6.07, 6.45) is -11.8. The van der Waals surface area contributed by atoms with Crippen molar-refractivity contribution in [3.63, 3.8) is 0 Å². The number of aryl methyl sites for hydroxylation is 1. The van der Waals surface area contributed by atoms with Gasteiger partial charge in [0.25, 0.3) is 5.60 Å². The van der Waals surface area contributed by atoms with Crippen LogP contribution in [-0.4, -0.2) is 22.4 Å². The summed E-state index contributed by atoms with van der Waals surface area (Å²) < 4.78 is 76.6. The van der Waals surface area contributed by atoms with Crippen LogP contribution in [0.4, 0.5) is 26.3 Å². The zero-order chi connectivity index (χ0) is 16.1. The molecule has 0 bridgehead atoms. The van der Waals surface area contributed by atoms with Crippen LogP contribution in [0.15, 0.2) is 30.3 Å². The molecule has 0 aliphatic rings. The van der Waals surface area contributed by atoms with Gasteiger partial charge in [0.05, 0.1) is 5.52 Å². The molecule has 8 heteroatoms. The molecule has 0 radical (unpaired) electrons. The predicted molar refractivity (Wildman–Crippen MR) is 62.5 cm³/mol. The van der Waals surface area contributed by atoms with E-state index >= 15 is 0 Å². The van der Waals surface area contributed by atoms with Crippen molar-refractivity contribution in [2.24, 2.45) is 0 Å². The second kappa shape index (κ2) is 4.59. The smallest absolute Gasteiger partial charge is 0.369 e. The fourth-order valence-electron chi connectivity index (χ4n) is 1.94. The Kier molecular flexibility index (Phi) is 3.40. The number of aliphatic hydroxyl groups is 1. The van der Waals surface area contributed by atoms with Crippen LogP contribution < -0.4 is 0 Å². The number of alkyl halides is 6. The molecule has 114 valence electrons. The maximum atomic E-state index is 12.8. The first kappa shape index (κ1) is 15.6. The highest BCUT2D eigenvalue weighted by Crippen LogP contribution is 2.50. The number of aromatic nitrogens is 1. The average Bonchev–Trinajstić information content (AvgIpc) is 2.34. The lowest BCUT2D eigenvalue weighted by atomic mass is 9.91. The lowest BCUT2D eigenvalue weighted by Crippen LogP contribution is -2.53. The summed E-state index contributed by atoms with van der Waals surface area (Å²) in [7, 11) is 0. The summed E-state index contributed by atoms with van der Waals surface area (Å²) in [6, 6.07) is 5.03. The van der Waals surface area contributed by atoms with Gasteiger partial charge in [0, 0.05) is 16.6 Å². The second-order valence-electron chi connectivity index (χ2n) is 4.57. The van der Waals surface area contributed by atoms with Gasteiger partial charge in [-0.25, -0.2) is 0 Å². The maximum absolute atomic E-state index is 12.8. The third kappa shape index (κ3) is 2.44. The van der Waals surface area contributed by atoms with Gasteiger partial charge in [0.1, 0.15) is 0 Å². The molecule has 0 unspecified atom stereocenters. The Balaban J connectivity index is 2.70. The molecule has 2 aromatic rings. The molecule has 0 saturated carbocycles. The van der Waals surface area contributed by atoms with Gasteiger partial charge in [0.2, 0.25) is 0 Å². The van der Waals surface area contributed by atoms with Crippen molar-refractivity contribution >= 4 is 10.9 Å².